The molecule has 0 aliphatic heterocycles. The highest BCUT2D eigenvalue weighted by Gasteiger charge is 2.07. The lowest BCUT2D eigenvalue weighted by Gasteiger charge is -2.05. The Morgan fingerprint density at radius 2 is 1.92 bits per heavy atom. The number of nitrogens with zero attached hydrogens (tertiary/aromatic N) is 3. The third-order valence-electron chi connectivity index (χ3n) is 1.54. The fourth-order valence-corrected chi connectivity index (χ4v) is 0.844. The molecule has 0 atom stereocenters. The molecule has 0 fully saturated rings. The summed E-state index contributed by atoms with van der Waals surface area (Å²) in [6, 6.07) is 0. The van der Waals surface area contributed by atoms with E-state index in [0.29, 0.717) is 11.8 Å². The molecule has 1 aromatic heterocycles. The van der Waals surface area contributed by atoms with Crippen LogP contribution in [0.15, 0.2) is 0 Å². The van der Waals surface area contributed by atoms with Crippen molar-refractivity contribution in [2.75, 3.05) is 7.11 Å². The largest absolute Gasteiger partial charge is 0.479 e. The van der Waals surface area contributed by atoms with E-state index < -0.39 is 0 Å². The zero-order chi connectivity index (χ0) is 9.14. The van der Waals surface area contributed by atoms with E-state index in [2.05, 4.69) is 15.2 Å². The predicted molar refractivity (Wildman–Crippen MR) is 45.2 cm³/mol. The van der Waals surface area contributed by atoms with E-state index in [9.17, 15) is 0 Å². The molecule has 0 amide bonds. The van der Waals surface area contributed by atoms with Crippen LogP contribution in [0.2, 0.25) is 0 Å². The van der Waals surface area contributed by atoms with Crippen LogP contribution in [0, 0.1) is 6.92 Å². The Balaban J connectivity index is 3.02. The zero-order valence-electron chi connectivity index (χ0n) is 7.83. The number of rotatable bonds is 2. The molecule has 0 radical (unpaired) electrons. The van der Waals surface area contributed by atoms with E-state index in [4.69, 9.17) is 4.74 Å². The van der Waals surface area contributed by atoms with Gasteiger partial charge in [0.2, 0.25) is 0 Å². The Labute approximate surface area is 72.0 Å². The highest BCUT2D eigenvalue weighted by Crippen LogP contribution is 2.13. The summed E-state index contributed by atoms with van der Waals surface area (Å²) in [4.78, 5) is 4.24. The number of aromatic nitrogens is 3. The smallest absolute Gasteiger partial charge is 0.254 e. The first kappa shape index (κ1) is 8.90. The first-order chi connectivity index (χ1) is 5.65. The minimum absolute atomic E-state index is 0.308. The number of methoxy groups -OCH3 is 1. The van der Waals surface area contributed by atoms with Gasteiger partial charge >= 0.3 is 0 Å². The van der Waals surface area contributed by atoms with Gasteiger partial charge in [-0.25, -0.2) is 4.98 Å². The second kappa shape index (κ2) is 3.47. The number of hydrogen-bond donors (Lipinski definition) is 0. The molecular formula is C8H13N3O. The highest BCUT2D eigenvalue weighted by molar-refractivity contribution is 5.14. The topological polar surface area (TPSA) is 47.9 Å². The Morgan fingerprint density at radius 1 is 1.25 bits per heavy atom. The molecule has 1 rings (SSSR count). The summed E-state index contributed by atoms with van der Waals surface area (Å²) in [6.07, 6.45) is 0. The quantitative estimate of drug-likeness (QED) is 0.666. The summed E-state index contributed by atoms with van der Waals surface area (Å²) >= 11 is 0. The molecule has 12 heavy (non-hydrogen) atoms. The van der Waals surface area contributed by atoms with E-state index in [1.54, 1.807) is 7.11 Å². The van der Waals surface area contributed by atoms with Crippen molar-refractivity contribution in [2.45, 2.75) is 26.7 Å². The van der Waals surface area contributed by atoms with Crippen LogP contribution < -0.4 is 4.74 Å². The van der Waals surface area contributed by atoms with Crippen LogP contribution in [-0.2, 0) is 0 Å². The second-order valence-electron chi connectivity index (χ2n) is 2.92. The summed E-state index contributed by atoms with van der Waals surface area (Å²) in [5, 5.41) is 7.81. The van der Waals surface area contributed by atoms with E-state index >= 15 is 0 Å². The highest BCUT2D eigenvalue weighted by atomic mass is 16.5. The third-order valence-corrected chi connectivity index (χ3v) is 1.54. The molecule has 0 aromatic carbocycles. The molecule has 1 aromatic rings. The van der Waals surface area contributed by atoms with Gasteiger partial charge in [-0.3, -0.25) is 0 Å². The maximum atomic E-state index is 4.94. The van der Waals surface area contributed by atoms with E-state index in [-0.39, 0.29) is 0 Å². The van der Waals surface area contributed by atoms with Gasteiger partial charge in [0, 0.05) is 5.92 Å². The van der Waals surface area contributed by atoms with Crippen molar-refractivity contribution in [1.29, 1.82) is 0 Å². The monoisotopic (exact) mass is 167 g/mol. The molecule has 0 saturated carbocycles. The van der Waals surface area contributed by atoms with Crippen LogP contribution in [-0.4, -0.2) is 22.3 Å². The SMILES string of the molecule is COc1nnc(C(C)C)nc1C. The van der Waals surface area contributed by atoms with Gasteiger partial charge in [0.25, 0.3) is 5.88 Å². The number of hydrogen-bond acceptors (Lipinski definition) is 4. The van der Waals surface area contributed by atoms with Gasteiger partial charge in [-0.15, -0.1) is 10.2 Å². The van der Waals surface area contributed by atoms with Crippen LogP contribution >= 0.6 is 0 Å². The summed E-state index contributed by atoms with van der Waals surface area (Å²) in [6.45, 7) is 5.92. The van der Waals surface area contributed by atoms with Gasteiger partial charge in [0.15, 0.2) is 5.82 Å². The molecule has 1 heterocycles. The van der Waals surface area contributed by atoms with Crippen molar-refractivity contribution < 1.29 is 4.74 Å². The Bertz CT molecular complexity index is 273. The normalized spacial score (nSPS) is 10.4. The van der Waals surface area contributed by atoms with Gasteiger partial charge in [-0.05, 0) is 6.92 Å². The third kappa shape index (κ3) is 1.69. The average molecular weight is 167 g/mol. The first-order valence-electron chi connectivity index (χ1n) is 3.90. The maximum absolute atomic E-state index is 4.94. The number of ether oxygens (including phenoxy) is 1. The van der Waals surface area contributed by atoms with Crippen LogP contribution in [0.25, 0.3) is 0 Å². The van der Waals surface area contributed by atoms with E-state index in [1.165, 1.54) is 0 Å². The summed E-state index contributed by atoms with van der Waals surface area (Å²) in [7, 11) is 1.56. The molecular weight excluding hydrogens is 154 g/mol. The van der Waals surface area contributed by atoms with Gasteiger partial charge < -0.3 is 4.74 Å². The molecule has 0 N–H and O–H groups in total. The maximum Gasteiger partial charge on any atom is 0.254 e. The molecule has 0 unspecified atom stereocenters. The lowest BCUT2D eigenvalue weighted by molar-refractivity contribution is 0.382. The van der Waals surface area contributed by atoms with Gasteiger partial charge in [-0.2, -0.15) is 0 Å². The van der Waals surface area contributed by atoms with Gasteiger partial charge in [0.1, 0.15) is 5.69 Å². The van der Waals surface area contributed by atoms with E-state index in [1.807, 2.05) is 20.8 Å². The molecule has 66 valence electrons. The summed E-state index contributed by atoms with van der Waals surface area (Å²) in [5.74, 6) is 1.56. The van der Waals surface area contributed by atoms with Crippen molar-refractivity contribution in [3.05, 3.63) is 11.5 Å². The standard InChI is InChI=1S/C8H13N3O/c1-5(2)7-9-6(3)8(12-4)11-10-7/h5H,1-4H3. The number of aryl methyl sites for hydroxylation is 1. The Hall–Kier alpha value is -1.19. The second-order valence-corrected chi connectivity index (χ2v) is 2.92. The lowest BCUT2D eigenvalue weighted by atomic mass is 10.2. The molecule has 0 aliphatic carbocycles. The predicted octanol–water partition coefficient (Wildman–Crippen LogP) is 1.31. The Morgan fingerprint density at radius 3 is 2.33 bits per heavy atom. The van der Waals surface area contributed by atoms with E-state index in [0.717, 1.165) is 11.5 Å². The van der Waals surface area contributed by atoms with Crippen LogP contribution in [0.5, 0.6) is 5.88 Å². The van der Waals surface area contributed by atoms with Gasteiger partial charge in [0.05, 0.1) is 7.11 Å². The fourth-order valence-electron chi connectivity index (χ4n) is 0.844. The molecule has 4 heteroatoms. The zero-order valence-corrected chi connectivity index (χ0v) is 7.83. The van der Waals surface area contributed by atoms with Crippen molar-refractivity contribution in [2.24, 2.45) is 0 Å². The minimum atomic E-state index is 0.308. The van der Waals surface area contributed by atoms with Crippen molar-refractivity contribution in [3.8, 4) is 5.88 Å². The summed E-state index contributed by atoms with van der Waals surface area (Å²) in [5.41, 5.74) is 0.788. The lowest BCUT2D eigenvalue weighted by Crippen LogP contribution is -2.04. The molecule has 0 spiro atoms. The fraction of sp³-hybridized carbons (Fsp3) is 0.625. The summed E-state index contributed by atoms with van der Waals surface area (Å²) < 4.78 is 4.94. The molecule has 0 saturated heterocycles. The molecule has 0 aliphatic rings. The molecule has 4 nitrogen and oxygen atoms in total. The Kier molecular flexibility index (Phi) is 2.58. The minimum Gasteiger partial charge on any atom is -0.479 e. The average Bonchev–Trinajstić information content (AvgIpc) is 2.04. The van der Waals surface area contributed by atoms with Crippen molar-refractivity contribution in [3.63, 3.8) is 0 Å². The van der Waals surface area contributed by atoms with Crippen LogP contribution in [0.1, 0.15) is 31.3 Å². The first-order valence-corrected chi connectivity index (χ1v) is 3.90. The van der Waals surface area contributed by atoms with Crippen LogP contribution in [0.4, 0.5) is 0 Å². The van der Waals surface area contributed by atoms with Crippen molar-refractivity contribution >= 4 is 0 Å². The van der Waals surface area contributed by atoms with Crippen molar-refractivity contribution in [1.82, 2.24) is 15.2 Å². The van der Waals surface area contributed by atoms with Gasteiger partial charge in [-0.1, -0.05) is 13.8 Å². The van der Waals surface area contributed by atoms with Crippen LogP contribution in [0.3, 0.4) is 0 Å². The molecule has 0 bridgehead atoms.